The number of rotatable bonds is 3. The molecule has 0 aromatic carbocycles. The van der Waals surface area contributed by atoms with E-state index < -0.39 is 0 Å². The van der Waals surface area contributed by atoms with Crippen LogP contribution in [0.25, 0.3) is 0 Å². The van der Waals surface area contributed by atoms with Crippen molar-refractivity contribution in [1.29, 1.82) is 0 Å². The van der Waals surface area contributed by atoms with E-state index in [1.165, 1.54) is 11.5 Å². The smallest absolute Gasteiger partial charge is 0.115 e. The van der Waals surface area contributed by atoms with E-state index in [-0.39, 0.29) is 17.1 Å². The summed E-state index contributed by atoms with van der Waals surface area (Å²) in [5.74, 6) is 3.84. The van der Waals surface area contributed by atoms with Crippen LogP contribution in [0.15, 0.2) is 11.6 Å². The van der Waals surface area contributed by atoms with Crippen molar-refractivity contribution in [2.24, 2.45) is 0 Å². The molecule has 0 atom stereocenters. The second-order valence-electron chi connectivity index (χ2n) is 3.72. The first-order valence-electron chi connectivity index (χ1n) is 5.92. The third-order valence-corrected chi connectivity index (χ3v) is 2.37. The maximum absolute atomic E-state index is 5.24. The maximum Gasteiger partial charge on any atom is 2.00 e. The monoisotopic (exact) mass is 278 g/mol. The molecule has 2 aliphatic carbocycles. The summed E-state index contributed by atoms with van der Waals surface area (Å²) in [5.41, 5.74) is 1.27. The topological polar surface area (TPSA) is 0 Å². The van der Waals surface area contributed by atoms with Gasteiger partial charge in [0.1, 0.15) is 0 Å². The van der Waals surface area contributed by atoms with Gasteiger partial charge in [0.05, 0.1) is 0 Å². The second kappa shape index (κ2) is 11.9. The average molecular weight is 278 g/mol. The molecule has 0 spiro atoms. The molecule has 2 aliphatic rings. The summed E-state index contributed by atoms with van der Waals surface area (Å²) < 4.78 is 0. The van der Waals surface area contributed by atoms with Gasteiger partial charge in [-0.25, -0.2) is 0 Å². The Labute approximate surface area is 124 Å². The summed E-state index contributed by atoms with van der Waals surface area (Å²) in [6, 6.07) is 0. The zero-order valence-electron chi connectivity index (χ0n) is 10.6. The molecule has 0 aliphatic heterocycles. The van der Waals surface area contributed by atoms with Gasteiger partial charge in [0.15, 0.2) is 0 Å². The summed E-state index contributed by atoms with van der Waals surface area (Å²) in [6.45, 7) is 2.16. The summed E-state index contributed by atoms with van der Waals surface area (Å²) in [6.07, 6.45) is 27.6. The van der Waals surface area contributed by atoms with Crippen molar-refractivity contribution in [2.75, 3.05) is 0 Å². The summed E-state index contributed by atoms with van der Waals surface area (Å²) >= 11 is 0. The van der Waals surface area contributed by atoms with Crippen LogP contribution in [0.5, 0.6) is 0 Å². The predicted molar refractivity (Wildman–Crippen MR) is 73.8 cm³/mol. The van der Waals surface area contributed by atoms with E-state index in [4.69, 9.17) is 6.42 Å². The molecule has 0 amide bonds. The van der Waals surface area contributed by atoms with Crippen LogP contribution in [-0.2, 0) is 17.1 Å². The Bertz CT molecular complexity index is 242. The van der Waals surface area contributed by atoms with Crippen LogP contribution in [0.4, 0.5) is 0 Å². The fourth-order valence-corrected chi connectivity index (χ4v) is 1.58. The van der Waals surface area contributed by atoms with Gasteiger partial charge in [-0.3, -0.25) is 0 Å². The first-order valence-corrected chi connectivity index (χ1v) is 5.92. The SMILES string of the molecule is C#C/C=C(\CCC)[C]1[CH][CH][CH][CH]1.[CH]1[CH][CH][CH][CH]1.[Fe+2]. The molecule has 1 heteroatoms. The zero-order chi connectivity index (χ0) is 12.3. The third-order valence-electron chi connectivity index (χ3n) is 2.37. The molecule has 0 nitrogen and oxygen atoms in total. The number of hydrogen-bond acceptors (Lipinski definition) is 0. The third kappa shape index (κ3) is 7.30. The van der Waals surface area contributed by atoms with Gasteiger partial charge in [-0.15, -0.1) is 6.42 Å². The molecular weight excluding hydrogens is 260 g/mol. The number of hydrogen-bond donors (Lipinski definition) is 0. The molecule has 0 aromatic rings. The van der Waals surface area contributed by atoms with E-state index >= 15 is 0 Å². The molecule has 0 saturated heterocycles. The average Bonchev–Trinajstić information content (AvgIpc) is 3.05. The van der Waals surface area contributed by atoms with Gasteiger partial charge >= 0.3 is 17.1 Å². The molecule has 0 N–H and O–H groups in total. The molecule has 2 fully saturated rings. The van der Waals surface area contributed by atoms with E-state index in [2.05, 4.69) is 25.7 Å². The van der Waals surface area contributed by atoms with E-state index in [1.54, 1.807) is 0 Å². The van der Waals surface area contributed by atoms with Gasteiger partial charge in [0.2, 0.25) is 0 Å². The summed E-state index contributed by atoms with van der Waals surface area (Å²) in [7, 11) is 0. The molecule has 0 unspecified atom stereocenters. The first-order chi connectivity index (χ1) is 8.38. The minimum absolute atomic E-state index is 0. The molecule has 2 rings (SSSR count). The van der Waals surface area contributed by atoms with E-state index in [0.717, 1.165) is 12.8 Å². The Balaban J connectivity index is 0.000000405. The van der Waals surface area contributed by atoms with Crippen LogP contribution in [-0.4, -0.2) is 0 Å². The van der Waals surface area contributed by atoms with Crippen molar-refractivity contribution < 1.29 is 17.1 Å². The molecule has 0 bridgehead atoms. The van der Waals surface area contributed by atoms with Crippen molar-refractivity contribution in [2.45, 2.75) is 19.8 Å². The van der Waals surface area contributed by atoms with Crippen molar-refractivity contribution in [1.82, 2.24) is 0 Å². The number of allylic oxidation sites excluding steroid dienone is 2. The Hall–Kier alpha value is -0.181. The standard InChI is InChI=1S/C12H13.C5H5.Fe/c1-3-7-11(8-4-2)12-9-5-6-10-12;1-2-4-5-3-1;/h1,5-7,9-10H,4,8H2,2H3;1-5H;/q;;+2/b11-7+;;. The molecule has 92 valence electrons. The van der Waals surface area contributed by atoms with Gasteiger partial charge in [-0.05, 0) is 70.3 Å². The van der Waals surface area contributed by atoms with Crippen LogP contribution in [0, 0.1) is 76.0 Å². The minimum Gasteiger partial charge on any atom is -0.115 e. The zero-order valence-corrected chi connectivity index (χ0v) is 11.7. The number of terminal acetylenes is 1. The molecule has 0 heterocycles. The van der Waals surface area contributed by atoms with Crippen molar-refractivity contribution in [3.05, 3.63) is 75.4 Å². The Morgan fingerprint density at radius 1 is 1.06 bits per heavy atom. The van der Waals surface area contributed by atoms with E-state index in [1.807, 2.05) is 51.0 Å². The molecule has 0 aromatic heterocycles. The molecule has 18 heavy (non-hydrogen) atoms. The van der Waals surface area contributed by atoms with E-state index in [0.29, 0.717) is 0 Å². The van der Waals surface area contributed by atoms with Crippen LogP contribution in [0.1, 0.15) is 19.8 Å². The normalized spacial score (nSPS) is 19.7. The Morgan fingerprint density at radius 2 is 1.56 bits per heavy atom. The van der Waals surface area contributed by atoms with Crippen molar-refractivity contribution in [3.8, 4) is 12.3 Å². The van der Waals surface area contributed by atoms with E-state index in [9.17, 15) is 0 Å². The van der Waals surface area contributed by atoms with Gasteiger partial charge < -0.3 is 0 Å². The van der Waals surface area contributed by atoms with Gasteiger partial charge in [0.25, 0.3) is 0 Å². The van der Waals surface area contributed by atoms with Crippen LogP contribution in [0.3, 0.4) is 0 Å². The predicted octanol–water partition coefficient (Wildman–Crippen LogP) is 3.77. The van der Waals surface area contributed by atoms with Crippen molar-refractivity contribution in [3.63, 3.8) is 0 Å². The summed E-state index contributed by atoms with van der Waals surface area (Å²) in [4.78, 5) is 0. The molecule has 10 radical (unpaired) electrons. The Morgan fingerprint density at radius 3 is 1.94 bits per heavy atom. The van der Waals surface area contributed by atoms with Gasteiger partial charge in [0, 0.05) is 5.92 Å². The van der Waals surface area contributed by atoms with Crippen LogP contribution in [0.2, 0.25) is 0 Å². The van der Waals surface area contributed by atoms with Crippen LogP contribution < -0.4 is 0 Å². The summed E-state index contributed by atoms with van der Waals surface area (Å²) in [5, 5.41) is 0. The largest absolute Gasteiger partial charge is 2.00 e. The molecule has 2 saturated carbocycles. The minimum atomic E-state index is 0. The maximum atomic E-state index is 5.24. The van der Waals surface area contributed by atoms with Gasteiger partial charge in [-0.2, -0.15) is 0 Å². The Kier molecular flexibility index (Phi) is 11.8. The quantitative estimate of drug-likeness (QED) is 0.544. The fraction of sp³-hybridized carbons (Fsp3) is 0.176. The van der Waals surface area contributed by atoms with Crippen LogP contribution >= 0.6 is 0 Å². The molecular formula is C17H18Fe+2. The fourth-order valence-electron chi connectivity index (χ4n) is 1.58. The van der Waals surface area contributed by atoms with Gasteiger partial charge in [-0.1, -0.05) is 24.8 Å². The second-order valence-corrected chi connectivity index (χ2v) is 3.72. The first kappa shape index (κ1) is 17.8. The van der Waals surface area contributed by atoms with Crippen molar-refractivity contribution >= 4 is 0 Å².